The molecule has 0 spiro atoms. The van der Waals surface area contributed by atoms with Crippen molar-refractivity contribution in [3.63, 3.8) is 0 Å². The number of rotatable bonds is 3. The Morgan fingerprint density at radius 2 is 1.54 bits per heavy atom. The summed E-state index contributed by atoms with van der Waals surface area (Å²) in [6, 6.07) is 0. The predicted octanol–water partition coefficient (Wildman–Crippen LogP) is 0.295. The third kappa shape index (κ3) is 2.32. The molecule has 0 amide bonds. The lowest BCUT2D eigenvalue weighted by atomic mass is 9.87. The van der Waals surface area contributed by atoms with Crippen molar-refractivity contribution in [3.8, 4) is 0 Å². The van der Waals surface area contributed by atoms with Gasteiger partial charge in [0.1, 0.15) is 5.60 Å². The van der Waals surface area contributed by atoms with Crippen molar-refractivity contribution in [2.75, 3.05) is 0 Å². The maximum atomic E-state index is 10.5. The van der Waals surface area contributed by atoms with Gasteiger partial charge in [-0.25, -0.2) is 9.59 Å². The molecule has 0 fully saturated rings. The fourth-order valence-corrected chi connectivity index (χ4v) is 0.575. The normalized spacial score (nSPS) is 16.0. The van der Waals surface area contributed by atoms with Crippen LogP contribution < -0.4 is 0 Å². The van der Waals surface area contributed by atoms with Crippen LogP contribution in [0.2, 0.25) is 0 Å². The van der Waals surface area contributed by atoms with Gasteiger partial charge in [0.25, 0.3) is 0 Å². The molecule has 0 heterocycles. The molecule has 0 saturated heterocycles. The second-order valence-corrected chi connectivity index (χ2v) is 3.26. The number of carboxylic acids is 1. The van der Waals surface area contributed by atoms with Crippen LogP contribution in [-0.2, 0) is 9.53 Å². The largest absolute Gasteiger partial charge is 0.506 e. The van der Waals surface area contributed by atoms with E-state index in [4.69, 9.17) is 10.2 Å². The summed E-state index contributed by atoms with van der Waals surface area (Å²) in [5.41, 5.74) is -3.96. The minimum absolute atomic E-state index is 0.971. The van der Waals surface area contributed by atoms with E-state index in [0.717, 1.165) is 6.92 Å². The molecular weight excluding hydrogens is 180 g/mol. The van der Waals surface area contributed by atoms with Crippen molar-refractivity contribution < 1.29 is 29.6 Å². The highest BCUT2D eigenvalue weighted by Crippen LogP contribution is 2.25. The SMILES string of the molecule is CC(C)(OC(=O)O)C(C)(O)C(=O)O. The van der Waals surface area contributed by atoms with Gasteiger partial charge in [0, 0.05) is 0 Å². The predicted molar refractivity (Wildman–Crippen MR) is 41.4 cm³/mol. The van der Waals surface area contributed by atoms with Gasteiger partial charge in [-0.2, -0.15) is 0 Å². The van der Waals surface area contributed by atoms with E-state index in [9.17, 15) is 14.7 Å². The Bertz CT molecular complexity index is 229. The summed E-state index contributed by atoms with van der Waals surface area (Å²) >= 11 is 0. The molecule has 0 bridgehead atoms. The average Bonchev–Trinajstić information content (AvgIpc) is 1.83. The van der Waals surface area contributed by atoms with Crippen LogP contribution in [0.3, 0.4) is 0 Å². The van der Waals surface area contributed by atoms with Crippen molar-refractivity contribution in [2.24, 2.45) is 0 Å². The zero-order valence-corrected chi connectivity index (χ0v) is 7.57. The molecule has 0 aromatic heterocycles. The fraction of sp³-hybridized carbons (Fsp3) is 0.714. The highest BCUT2D eigenvalue weighted by molar-refractivity contribution is 5.78. The second kappa shape index (κ2) is 3.21. The monoisotopic (exact) mass is 192 g/mol. The molecular formula is C7H12O6. The molecule has 3 N–H and O–H groups in total. The molecule has 0 rings (SSSR count). The van der Waals surface area contributed by atoms with Crippen LogP contribution in [0.5, 0.6) is 0 Å². The van der Waals surface area contributed by atoms with Crippen LogP contribution in [-0.4, -0.2) is 38.6 Å². The summed E-state index contributed by atoms with van der Waals surface area (Å²) in [6.07, 6.45) is -1.63. The number of aliphatic hydroxyl groups is 1. The topological polar surface area (TPSA) is 104 Å². The molecule has 0 radical (unpaired) electrons. The minimum Gasteiger partial charge on any atom is -0.479 e. The summed E-state index contributed by atoms with van der Waals surface area (Å²) < 4.78 is 4.25. The van der Waals surface area contributed by atoms with Gasteiger partial charge in [0.05, 0.1) is 0 Å². The van der Waals surface area contributed by atoms with Gasteiger partial charge >= 0.3 is 12.1 Å². The van der Waals surface area contributed by atoms with Gasteiger partial charge < -0.3 is 20.1 Å². The van der Waals surface area contributed by atoms with Crippen LogP contribution in [0.1, 0.15) is 20.8 Å². The number of ether oxygens (including phenoxy) is 1. The smallest absolute Gasteiger partial charge is 0.479 e. The van der Waals surface area contributed by atoms with Gasteiger partial charge in [-0.3, -0.25) is 0 Å². The van der Waals surface area contributed by atoms with Crippen molar-refractivity contribution in [1.29, 1.82) is 0 Å². The van der Waals surface area contributed by atoms with Crippen molar-refractivity contribution >= 4 is 12.1 Å². The summed E-state index contributed by atoms with van der Waals surface area (Å²) in [5, 5.41) is 26.2. The van der Waals surface area contributed by atoms with E-state index in [1.807, 2.05) is 0 Å². The fourth-order valence-electron chi connectivity index (χ4n) is 0.575. The Morgan fingerprint density at radius 3 is 1.77 bits per heavy atom. The second-order valence-electron chi connectivity index (χ2n) is 3.26. The van der Waals surface area contributed by atoms with Crippen LogP contribution in [0, 0.1) is 0 Å². The molecule has 76 valence electrons. The van der Waals surface area contributed by atoms with Gasteiger partial charge in [0.2, 0.25) is 0 Å². The number of hydrogen-bond donors (Lipinski definition) is 3. The van der Waals surface area contributed by atoms with Gasteiger partial charge in [-0.15, -0.1) is 0 Å². The summed E-state index contributed by atoms with van der Waals surface area (Å²) in [7, 11) is 0. The Kier molecular flexibility index (Phi) is 2.89. The minimum atomic E-state index is -2.26. The highest BCUT2D eigenvalue weighted by atomic mass is 16.7. The van der Waals surface area contributed by atoms with Crippen LogP contribution >= 0.6 is 0 Å². The Balaban J connectivity index is 4.80. The standard InChI is InChI=1S/C7H12O6/c1-6(2,13-5(10)11)7(3,12)4(8)9/h12H,1-3H3,(H,8,9)(H,10,11). The van der Waals surface area contributed by atoms with Crippen molar-refractivity contribution in [1.82, 2.24) is 0 Å². The van der Waals surface area contributed by atoms with Gasteiger partial charge in [-0.1, -0.05) is 0 Å². The molecule has 0 aliphatic rings. The van der Waals surface area contributed by atoms with E-state index < -0.39 is 23.3 Å². The quantitative estimate of drug-likeness (QED) is 0.555. The highest BCUT2D eigenvalue weighted by Gasteiger charge is 2.49. The van der Waals surface area contributed by atoms with Gasteiger partial charge in [-0.05, 0) is 20.8 Å². The molecule has 1 unspecified atom stereocenters. The first-order valence-electron chi connectivity index (χ1n) is 3.49. The number of aliphatic carboxylic acids is 1. The van der Waals surface area contributed by atoms with E-state index in [1.165, 1.54) is 13.8 Å². The summed E-state index contributed by atoms with van der Waals surface area (Å²) in [6.45, 7) is 3.32. The van der Waals surface area contributed by atoms with Crippen LogP contribution in [0.4, 0.5) is 4.79 Å². The van der Waals surface area contributed by atoms with E-state index >= 15 is 0 Å². The maximum Gasteiger partial charge on any atom is 0.506 e. The van der Waals surface area contributed by atoms with Crippen LogP contribution in [0.15, 0.2) is 0 Å². The first-order valence-corrected chi connectivity index (χ1v) is 3.49. The van der Waals surface area contributed by atoms with Crippen molar-refractivity contribution in [2.45, 2.75) is 32.0 Å². The molecule has 6 heteroatoms. The number of hydrogen-bond acceptors (Lipinski definition) is 4. The number of carbonyl (C=O) groups is 2. The lowest BCUT2D eigenvalue weighted by Crippen LogP contribution is -2.55. The Hall–Kier alpha value is -1.30. The molecule has 6 nitrogen and oxygen atoms in total. The Morgan fingerprint density at radius 1 is 1.15 bits per heavy atom. The summed E-state index contributed by atoms with van der Waals surface area (Å²) in [5.74, 6) is -1.54. The molecule has 0 aliphatic heterocycles. The first kappa shape index (κ1) is 11.7. The molecule has 0 aromatic rings. The zero-order chi connectivity index (χ0) is 10.9. The van der Waals surface area contributed by atoms with E-state index in [1.54, 1.807) is 0 Å². The lowest BCUT2D eigenvalue weighted by Gasteiger charge is -2.34. The first-order chi connectivity index (χ1) is 5.61. The van der Waals surface area contributed by atoms with Crippen LogP contribution in [0.25, 0.3) is 0 Å². The average molecular weight is 192 g/mol. The zero-order valence-electron chi connectivity index (χ0n) is 7.57. The summed E-state index contributed by atoms with van der Waals surface area (Å²) in [4.78, 5) is 20.7. The lowest BCUT2D eigenvalue weighted by molar-refractivity contribution is -0.183. The maximum absolute atomic E-state index is 10.5. The van der Waals surface area contributed by atoms with E-state index in [0.29, 0.717) is 0 Å². The van der Waals surface area contributed by atoms with E-state index in [-0.39, 0.29) is 0 Å². The van der Waals surface area contributed by atoms with Gasteiger partial charge in [0.15, 0.2) is 5.60 Å². The molecule has 13 heavy (non-hydrogen) atoms. The molecule has 0 saturated carbocycles. The third-order valence-corrected chi connectivity index (χ3v) is 1.93. The van der Waals surface area contributed by atoms with Crippen molar-refractivity contribution in [3.05, 3.63) is 0 Å². The molecule has 1 atom stereocenters. The Labute approximate surface area is 74.7 Å². The van der Waals surface area contributed by atoms with E-state index in [2.05, 4.69) is 4.74 Å². The molecule has 0 aromatic carbocycles. The number of carboxylic acid groups (broad SMARTS) is 2. The third-order valence-electron chi connectivity index (χ3n) is 1.93. The molecule has 0 aliphatic carbocycles.